The Labute approximate surface area is 136 Å². The molecule has 0 bridgehead atoms. The second-order valence-corrected chi connectivity index (χ2v) is 5.64. The number of hydrogen-bond acceptors (Lipinski definition) is 9. The van der Waals surface area contributed by atoms with Crippen LogP contribution in [0.25, 0.3) is 11.2 Å². The Hall–Kier alpha value is -2.34. The predicted molar refractivity (Wildman–Crippen MR) is 82.3 cm³/mol. The Morgan fingerprint density at radius 3 is 2.92 bits per heavy atom. The van der Waals surface area contributed by atoms with Gasteiger partial charge in [-0.15, -0.1) is 0 Å². The summed E-state index contributed by atoms with van der Waals surface area (Å²) in [7, 11) is 0. The number of fused-ring (bicyclic) bond motifs is 1. The molecule has 1 saturated heterocycles. The summed E-state index contributed by atoms with van der Waals surface area (Å²) in [6.45, 7) is 1.13. The minimum absolute atomic E-state index is 0.201. The number of nitrogens with two attached hydrogens (primary N) is 2. The molecule has 1 aliphatic heterocycles. The van der Waals surface area contributed by atoms with Crippen molar-refractivity contribution in [3.05, 3.63) is 12.7 Å². The van der Waals surface area contributed by atoms with Crippen LogP contribution in [-0.2, 0) is 9.53 Å². The van der Waals surface area contributed by atoms with Gasteiger partial charge in [-0.25, -0.2) is 15.0 Å². The predicted octanol–water partition coefficient (Wildman–Crippen LogP) is -2.51. The number of ether oxygens (including phenoxy) is 1. The van der Waals surface area contributed by atoms with E-state index in [2.05, 4.69) is 20.3 Å². The number of hydrogen-bond donors (Lipinski definition) is 5. The first kappa shape index (κ1) is 16.5. The zero-order chi connectivity index (χ0) is 17.4. The molecular weight excluding hydrogens is 318 g/mol. The van der Waals surface area contributed by atoms with Gasteiger partial charge in [0.2, 0.25) is 5.91 Å². The van der Waals surface area contributed by atoms with Gasteiger partial charge >= 0.3 is 0 Å². The van der Waals surface area contributed by atoms with Crippen molar-refractivity contribution in [3.8, 4) is 0 Å². The first-order chi connectivity index (χ1) is 11.4. The van der Waals surface area contributed by atoms with E-state index in [4.69, 9.17) is 16.2 Å². The molecule has 24 heavy (non-hydrogen) atoms. The van der Waals surface area contributed by atoms with Crippen LogP contribution in [-0.4, -0.2) is 66.5 Å². The van der Waals surface area contributed by atoms with Crippen LogP contribution in [0, 0.1) is 0 Å². The zero-order valence-electron chi connectivity index (χ0n) is 12.9. The molecule has 2 aromatic heterocycles. The summed E-state index contributed by atoms with van der Waals surface area (Å²) in [6, 6.07) is -1.58. The number of anilines is 1. The van der Waals surface area contributed by atoms with E-state index in [0.717, 1.165) is 0 Å². The molecule has 5 atom stereocenters. The molecule has 7 N–H and O–H groups in total. The lowest BCUT2D eigenvalue weighted by atomic mass is 10.1. The van der Waals surface area contributed by atoms with Crippen molar-refractivity contribution in [3.63, 3.8) is 0 Å². The van der Waals surface area contributed by atoms with Crippen LogP contribution in [0.15, 0.2) is 12.7 Å². The van der Waals surface area contributed by atoms with Crippen LogP contribution < -0.4 is 16.8 Å². The number of carbonyl (C=O) groups excluding carboxylic acids is 1. The van der Waals surface area contributed by atoms with Gasteiger partial charge in [-0.2, -0.15) is 0 Å². The molecule has 2 aromatic rings. The first-order valence-electron chi connectivity index (χ1n) is 7.37. The third-order valence-corrected chi connectivity index (χ3v) is 3.94. The van der Waals surface area contributed by atoms with Crippen molar-refractivity contribution in [2.24, 2.45) is 5.73 Å². The average molecular weight is 337 g/mol. The molecule has 1 amide bonds. The molecule has 0 spiro atoms. The normalized spacial score (nSPS) is 28.2. The minimum atomic E-state index is -1.14. The summed E-state index contributed by atoms with van der Waals surface area (Å²) in [5.74, 6) is -0.254. The van der Waals surface area contributed by atoms with Gasteiger partial charge in [-0.05, 0) is 6.92 Å². The highest BCUT2D eigenvalue weighted by molar-refractivity contribution is 5.82. The summed E-state index contributed by atoms with van der Waals surface area (Å²) >= 11 is 0. The molecule has 0 saturated carbocycles. The molecule has 1 fully saturated rings. The molecule has 130 valence electrons. The monoisotopic (exact) mass is 337 g/mol. The maximum absolute atomic E-state index is 11.8. The van der Waals surface area contributed by atoms with Gasteiger partial charge in [-0.3, -0.25) is 9.36 Å². The number of nitrogens with one attached hydrogen (secondary N) is 1. The van der Waals surface area contributed by atoms with Crippen molar-refractivity contribution in [1.82, 2.24) is 24.8 Å². The number of rotatable bonds is 4. The van der Waals surface area contributed by atoms with Crippen LogP contribution in [0.4, 0.5) is 5.82 Å². The Balaban J connectivity index is 1.91. The molecule has 1 aliphatic rings. The number of nitrogen functional groups attached to an aromatic ring is 1. The highest BCUT2D eigenvalue weighted by Gasteiger charge is 2.45. The van der Waals surface area contributed by atoms with Gasteiger partial charge in [0, 0.05) is 0 Å². The summed E-state index contributed by atoms with van der Waals surface area (Å²) in [5.41, 5.74) is 12.0. The zero-order valence-corrected chi connectivity index (χ0v) is 12.9. The van der Waals surface area contributed by atoms with Crippen molar-refractivity contribution in [2.45, 2.75) is 37.4 Å². The van der Waals surface area contributed by atoms with E-state index in [9.17, 15) is 15.0 Å². The standard InChI is InChI=1S/C13H19N7O4/c1-5(14)12(23)19-7-6(2-21)24-13(9(7)22)20-4-18-8-10(15)16-3-17-11(8)20/h3-7,9,13,21-22H,2,14H2,1H3,(H,19,23)(H2,15,16,17). The lowest BCUT2D eigenvalue weighted by molar-refractivity contribution is -0.123. The van der Waals surface area contributed by atoms with Gasteiger partial charge in [0.15, 0.2) is 17.7 Å². The topological polar surface area (TPSA) is 174 Å². The first-order valence-corrected chi connectivity index (χ1v) is 7.37. The summed E-state index contributed by atoms with van der Waals surface area (Å²) in [5, 5.41) is 22.6. The molecule has 0 aromatic carbocycles. The second-order valence-electron chi connectivity index (χ2n) is 5.64. The summed E-state index contributed by atoms with van der Waals surface area (Å²) < 4.78 is 7.16. The van der Waals surface area contributed by atoms with Gasteiger partial charge < -0.3 is 31.7 Å². The third-order valence-electron chi connectivity index (χ3n) is 3.94. The van der Waals surface area contributed by atoms with E-state index in [1.807, 2.05) is 0 Å². The van der Waals surface area contributed by atoms with E-state index < -0.39 is 36.4 Å². The van der Waals surface area contributed by atoms with Gasteiger partial charge in [0.25, 0.3) is 0 Å². The largest absolute Gasteiger partial charge is 0.394 e. The Morgan fingerprint density at radius 1 is 1.50 bits per heavy atom. The molecule has 0 aliphatic carbocycles. The summed E-state index contributed by atoms with van der Waals surface area (Å²) in [4.78, 5) is 23.9. The Morgan fingerprint density at radius 2 is 2.25 bits per heavy atom. The van der Waals surface area contributed by atoms with Crippen LogP contribution in [0.5, 0.6) is 0 Å². The van der Waals surface area contributed by atoms with E-state index in [0.29, 0.717) is 11.2 Å². The number of carbonyl (C=O) groups is 1. The maximum atomic E-state index is 11.8. The van der Waals surface area contributed by atoms with Crippen LogP contribution in [0.2, 0.25) is 0 Å². The highest BCUT2D eigenvalue weighted by atomic mass is 16.5. The van der Waals surface area contributed by atoms with E-state index >= 15 is 0 Å². The Kier molecular flexibility index (Phi) is 4.32. The van der Waals surface area contributed by atoms with Crippen molar-refractivity contribution >= 4 is 22.9 Å². The van der Waals surface area contributed by atoms with Crippen LogP contribution in [0.1, 0.15) is 13.2 Å². The van der Waals surface area contributed by atoms with Crippen LogP contribution >= 0.6 is 0 Å². The second kappa shape index (κ2) is 6.28. The van der Waals surface area contributed by atoms with Gasteiger partial charge in [0.05, 0.1) is 25.0 Å². The quantitative estimate of drug-likeness (QED) is 0.403. The van der Waals surface area contributed by atoms with E-state index in [1.165, 1.54) is 24.1 Å². The Bertz CT molecular complexity index is 749. The lowest BCUT2D eigenvalue weighted by Crippen LogP contribution is -2.52. The number of nitrogens with zero attached hydrogens (tertiary/aromatic N) is 4. The van der Waals surface area contributed by atoms with Gasteiger partial charge in [-0.1, -0.05) is 0 Å². The number of aromatic nitrogens is 4. The smallest absolute Gasteiger partial charge is 0.237 e. The third kappa shape index (κ3) is 2.67. The number of imidazole rings is 1. The minimum Gasteiger partial charge on any atom is -0.394 e. The maximum Gasteiger partial charge on any atom is 0.237 e. The van der Waals surface area contributed by atoms with E-state index in [-0.39, 0.29) is 12.4 Å². The SMILES string of the molecule is CC(N)C(=O)NC1C(CO)OC(n2cnc3c(N)ncnc32)C1O. The average Bonchev–Trinajstić information content (AvgIpc) is 3.10. The fourth-order valence-corrected chi connectivity index (χ4v) is 2.66. The molecule has 3 rings (SSSR count). The van der Waals surface area contributed by atoms with E-state index in [1.54, 1.807) is 0 Å². The van der Waals surface area contributed by atoms with Crippen molar-refractivity contribution < 1.29 is 19.7 Å². The number of aliphatic hydroxyl groups excluding tert-OH is 2. The molecule has 11 nitrogen and oxygen atoms in total. The van der Waals surface area contributed by atoms with Crippen molar-refractivity contribution in [1.29, 1.82) is 0 Å². The number of amides is 1. The molecular formula is C13H19N7O4. The highest BCUT2D eigenvalue weighted by Crippen LogP contribution is 2.31. The molecule has 0 radical (unpaired) electrons. The number of aliphatic hydroxyl groups is 2. The van der Waals surface area contributed by atoms with Crippen molar-refractivity contribution in [2.75, 3.05) is 12.3 Å². The molecule has 11 heteroatoms. The fraction of sp³-hybridized carbons (Fsp3) is 0.538. The van der Waals surface area contributed by atoms with Crippen LogP contribution in [0.3, 0.4) is 0 Å². The molecule has 5 unspecified atom stereocenters. The molecule has 3 heterocycles. The van der Waals surface area contributed by atoms with Gasteiger partial charge in [0.1, 0.15) is 24.1 Å². The fourth-order valence-electron chi connectivity index (χ4n) is 2.66. The lowest BCUT2D eigenvalue weighted by Gasteiger charge is -2.21. The summed E-state index contributed by atoms with van der Waals surface area (Å²) in [6.07, 6.45) is -0.160.